The molecule has 190 valence electrons. The van der Waals surface area contributed by atoms with E-state index in [-0.39, 0.29) is 24.2 Å². The summed E-state index contributed by atoms with van der Waals surface area (Å²) >= 11 is 1.41. The summed E-state index contributed by atoms with van der Waals surface area (Å²) < 4.78 is 39.2. The van der Waals surface area contributed by atoms with E-state index in [1.54, 1.807) is 6.07 Å². The summed E-state index contributed by atoms with van der Waals surface area (Å²) in [6.45, 7) is 4.62. The average Bonchev–Trinajstić information content (AvgIpc) is 3.38. The van der Waals surface area contributed by atoms with Crippen LogP contribution in [0.5, 0.6) is 0 Å². The van der Waals surface area contributed by atoms with Crippen molar-refractivity contribution in [2.45, 2.75) is 25.4 Å². The number of carbonyl (C=O) groups is 2. The van der Waals surface area contributed by atoms with Crippen molar-refractivity contribution in [1.29, 1.82) is 0 Å². The molecule has 0 aliphatic carbocycles. The van der Waals surface area contributed by atoms with E-state index in [1.807, 2.05) is 27.3 Å². The number of halogens is 3. The summed E-state index contributed by atoms with van der Waals surface area (Å²) in [5.74, 6) is -0.669. The normalized spacial score (nSPS) is 21.8. The van der Waals surface area contributed by atoms with Crippen LogP contribution in [0.1, 0.15) is 34.5 Å². The van der Waals surface area contributed by atoms with Crippen LogP contribution in [0.3, 0.4) is 0 Å². The van der Waals surface area contributed by atoms with Gasteiger partial charge in [-0.2, -0.15) is 13.2 Å². The zero-order valence-electron chi connectivity index (χ0n) is 19.4. The molecule has 0 radical (unpaired) electrons. The second-order valence-corrected chi connectivity index (χ2v) is 10.2. The van der Waals surface area contributed by atoms with E-state index in [0.29, 0.717) is 43.2 Å². The largest absolute Gasteiger partial charge is 0.481 e. The van der Waals surface area contributed by atoms with E-state index in [4.69, 9.17) is 0 Å². The minimum absolute atomic E-state index is 0.00785. The molecular formula is C25H30F3N3O3S. The average molecular weight is 510 g/mol. The number of carboxylic acid groups (broad SMARTS) is 1. The van der Waals surface area contributed by atoms with Gasteiger partial charge in [0.1, 0.15) is 0 Å². The number of piperazine rings is 1. The maximum absolute atomic E-state index is 13.1. The van der Waals surface area contributed by atoms with Crippen molar-refractivity contribution in [3.63, 3.8) is 0 Å². The van der Waals surface area contributed by atoms with Crippen LogP contribution in [0, 0.1) is 11.8 Å². The van der Waals surface area contributed by atoms with Gasteiger partial charge >= 0.3 is 12.1 Å². The Morgan fingerprint density at radius 1 is 1.03 bits per heavy atom. The van der Waals surface area contributed by atoms with Crippen molar-refractivity contribution in [3.8, 4) is 0 Å². The molecule has 0 spiro atoms. The Labute approximate surface area is 206 Å². The van der Waals surface area contributed by atoms with E-state index in [2.05, 4.69) is 4.90 Å². The quantitative estimate of drug-likeness (QED) is 0.594. The topological polar surface area (TPSA) is 64.1 Å². The van der Waals surface area contributed by atoms with Gasteiger partial charge in [0.25, 0.3) is 5.91 Å². The summed E-state index contributed by atoms with van der Waals surface area (Å²) in [4.78, 5) is 31.0. The van der Waals surface area contributed by atoms with Gasteiger partial charge in [-0.3, -0.25) is 14.5 Å². The number of hydrogen-bond acceptors (Lipinski definition) is 5. The third-order valence-corrected chi connectivity index (χ3v) is 7.93. The fraction of sp³-hybridized carbons (Fsp3) is 0.520. The molecule has 2 aromatic rings. The zero-order chi connectivity index (χ0) is 25.0. The highest BCUT2D eigenvalue weighted by Crippen LogP contribution is 2.33. The number of hydrogen-bond donors (Lipinski definition) is 1. The number of likely N-dealkylation sites (tertiary alicyclic amines) is 1. The summed E-state index contributed by atoms with van der Waals surface area (Å²) in [6.07, 6.45) is -2.79. The lowest BCUT2D eigenvalue weighted by molar-refractivity contribution is -0.139. The number of nitrogens with zero attached hydrogens (tertiary/aromatic N) is 3. The number of aliphatic carboxylic acids is 1. The Morgan fingerprint density at radius 3 is 2.46 bits per heavy atom. The molecule has 0 saturated carbocycles. The van der Waals surface area contributed by atoms with Crippen molar-refractivity contribution in [2.75, 3.05) is 50.7 Å². The first kappa shape index (κ1) is 25.5. The molecule has 6 nitrogen and oxygen atoms in total. The standard InChI is InChI=1S/C25H30F3N3O3S/c26-25(27,28)20-3-1-4-21(16-20)30-12-10-29(11-13-30)8-6-19-17-31(9-7-18(19)15-23(32)33)24(34)22-5-2-14-35-22/h1-5,14,16,18-19H,6-13,15,17H2,(H,32,33). The fourth-order valence-electron chi connectivity index (χ4n) is 5.10. The van der Waals surface area contributed by atoms with Gasteiger partial charge in [0.05, 0.1) is 10.4 Å². The zero-order valence-corrected chi connectivity index (χ0v) is 20.2. The number of carbonyl (C=O) groups excluding carboxylic acids is 1. The van der Waals surface area contributed by atoms with Gasteiger partial charge in [-0.1, -0.05) is 12.1 Å². The maximum Gasteiger partial charge on any atom is 0.416 e. The molecule has 1 N–H and O–H groups in total. The molecule has 35 heavy (non-hydrogen) atoms. The molecular weight excluding hydrogens is 479 g/mol. The molecule has 2 unspecified atom stereocenters. The third kappa shape index (κ3) is 6.55. The predicted octanol–water partition coefficient (Wildman–Crippen LogP) is 4.53. The Kier molecular flexibility index (Phi) is 8.01. The van der Waals surface area contributed by atoms with Gasteiger partial charge in [-0.25, -0.2) is 0 Å². The first-order chi connectivity index (χ1) is 16.7. The number of anilines is 1. The van der Waals surface area contributed by atoms with Crippen molar-refractivity contribution >= 4 is 28.9 Å². The van der Waals surface area contributed by atoms with E-state index in [1.165, 1.54) is 23.5 Å². The number of carboxylic acids is 1. The lowest BCUT2D eigenvalue weighted by Gasteiger charge is -2.40. The van der Waals surface area contributed by atoms with Gasteiger partial charge in [0.15, 0.2) is 0 Å². The van der Waals surface area contributed by atoms with Crippen LogP contribution < -0.4 is 4.90 Å². The lowest BCUT2D eigenvalue weighted by Crippen LogP contribution is -2.48. The molecule has 1 aromatic carbocycles. The minimum atomic E-state index is -4.36. The molecule has 2 saturated heterocycles. The molecule has 2 aliphatic rings. The first-order valence-corrected chi connectivity index (χ1v) is 12.8. The number of alkyl halides is 3. The summed E-state index contributed by atoms with van der Waals surface area (Å²) in [7, 11) is 0. The lowest BCUT2D eigenvalue weighted by atomic mass is 9.81. The van der Waals surface area contributed by atoms with Crippen molar-refractivity contribution in [2.24, 2.45) is 11.8 Å². The number of benzene rings is 1. The number of amides is 1. The van der Waals surface area contributed by atoms with E-state index >= 15 is 0 Å². The molecule has 2 fully saturated rings. The monoisotopic (exact) mass is 509 g/mol. The fourth-order valence-corrected chi connectivity index (χ4v) is 5.79. The summed E-state index contributed by atoms with van der Waals surface area (Å²) in [5.41, 5.74) is -0.0585. The Balaban J connectivity index is 1.32. The predicted molar refractivity (Wildman–Crippen MR) is 129 cm³/mol. The van der Waals surface area contributed by atoms with Gasteiger partial charge in [0.2, 0.25) is 0 Å². The van der Waals surface area contributed by atoms with Gasteiger partial charge in [0, 0.05) is 51.4 Å². The Morgan fingerprint density at radius 2 is 1.80 bits per heavy atom. The highest BCUT2D eigenvalue weighted by molar-refractivity contribution is 7.12. The Hall–Kier alpha value is -2.59. The molecule has 2 atom stereocenters. The van der Waals surface area contributed by atoms with Gasteiger partial charge in [-0.05, 0) is 60.9 Å². The number of piperidine rings is 1. The van der Waals surface area contributed by atoms with E-state index in [9.17, 15) is 27.9 Å². The maximum atomic E-state index is 13.1. The van der Waals surface area contributed by atoms with Crippen molar-refractivity contribution < 1.29 is 27.9 Å². The molecule has 4 rings (SSSR count). The smallest absolute Gasteiger partial charge is 0.416 e. The van der Waals surface area contributed by atoms with Crippen molar-refractivity contribution in [3.05, 3.63) is 52.2 Å². The van der Waals surface area contributed by atoms with E-state index in [0.717, 1.165) is 32.1 Å². The molecule has 2 aliphatic heterocycles. The van der Waals surface area contributed by atoms with Crippen LogP contribution >= 0.6 is 11.3 Å². The molecule has 0 bridgehead atoms. The highest BCUT2D eigenvalue weighted by Gasteiger charge is 2.34. The molecule has 10 heteroatoms. The number of thiophene rings is 1. The number of rotatable bonds is 7. The van der Waals surface area contributed by atoms with Gasteiger partial charge in [-0.15, -0.1) is 11.3 Å². The third-order valence-electron chi connectivity index (χ3n) is 7.07. The molecule has 1 amide bonds. The minimum Gasteiger partial charge on any atom is -0.481 e. The Bertz CT molecular complexity index is 1010. The highest BCUT2D eigenvalue weighted by atomic mass is 32.1. The van der Waals surface area contributed by atoms with Crippen LogP contribution in [-0.2, 0) is 11.0 Å². The second-order valence-electron chi connectivity index (χ2n) is 9.30. The van der Waals surface area contributed by atoms with E-state index < -0.39 is 17.7 Å². The van der Waals surface area contributed by atoms with Gasteiger partial charge < -0.3 is 14.9 Å². The van der Waals surface area contributed by atoms with Crippen LogP contribution in [0.4, 0.5) is 18.9 Å². The second kappa shape index (κ2) is 11.0. The molecule has 3 heterocycles. The summed E-state index contributed by atoms with van der Waals surface area (Å²) in [6, 6.07) is 9.11. The SMILES string of the molecule is O=C(O)CC1CCN(C(=O)c2cccs2)CC1CCN1CCN(c2cccc(C(F)(F)F)c2)CC1. The van der Waals surface area contributed by atoms with Crippen LogP contribution in [0.15, 0.2) is 41.8 Å². The summed E-state index contributed by atoms with van der Waals surface area (Å²) in [5, 5.41) is 11.2. The van der Waals surface area contributed by atoms with Crippen molar-refractivity contribution in [1.82, 2.24) is 9.80 Å². The molecule has 1 aromatic heterocycles. The van der Waals surface area contributed by atoms with Crippen LogP contribution in [-0.4, -0.2) is 72.6 Å². The first-order valence-electron chi connectivity index (χ1n) is 11.9. The van der Waals surface area contributed by atoms with Crippen LogP contribution in [0.2, 0.25) is 0 Å². The van der Waals surface area contributed by atoms with Crippen LogP contribution in [0.25, 0.3) is 0 Å².